The SMILES string of the molecule is COC1([C@H](N([C@@H](CC(C)C)C(N)=O)C2(C#N)CC2)C(F)(F)F)C=CC(c2ccccc2)C=C1S(C)(=O)=O. The summed E-state index contributed by atoms with van der Waals surface area (Å²) in [6.07, 6.45) is -0.384. The molecule has 3 rings (SSSR count). The molecule has 7 nitrogen and oxygen atoms in total. The second kappa shape index (κ2) is 10.2. The maximum Gasteiger partial charge on any atom is 0.407 e. The molecule has 0 bridgehead atoms. The van der Waals surface area contributed by atoms with Crippen molar-refractivity contribution in [2.75, 3.05) is 13.4 Å². The molecule has 2 aliphatic carbocycles. The highest BCUT2D eigenvalue weighted by molar-refractivity contribution is 7.94. The van der Waals surface area contributed by atoms with Crippen LogP contribution in [0.2, 0.25) is 0 Å². The van der Waals surface area contributed by atoms with Crippen molar-refractivity contribution in [3.05, 3.63) is 59.0 Å². The van der Waals surface area contributed by atoms with E-state index >= 15 is 13.2 Å². The van der Waals surface area contributed by atoms with Gasteiger partial charge in [0.05, 0.1) is 17.0 Å². The number of amides is 1. The smallest absolute Gasteiger partial charge is 0.368 e. The average molecular weight is 540 g/mol. The van der Waals surface area contributed by atoms with Crippen LogP contribution < -0.4 is 5.73 Å². The molecule has 2 unspecified atom stereocenters. The molecule has 0 saturated heterocycles. The van der Waals surface area contributed by atoms with Gasteiger partial charge in [0, 0.05) is 19.3 Å². The zero-order valence-corrected chi connectivity index (χ0v) is 22.0. The second-order valence-corrected chi connectivity index (χ2v) is 12.1. The van der Waals surface area contributed by atoms with Crippen molar-refractivity contribution >= 4 is 15.7 Å². The van der Waals surface area contributed by atoms with E-state index in [9.17, 15) is 18.5 Å². The monoisotopic (exact) mass is 539 g/mol. The van der Waals surface area contributed by atoms with Crippen molar-refractivity contribution in [1.82, 2.24) is 4.90 Å². The number of nitrogens with zero attached hydrogens (tertiary/aromatic N) is 2. The molecule has 0 aromatic heterocycles. The number of hydrogen-bond acceptors (Lipinski definition) is 6. The highest BCUT2D eigenvalue weighted by Gasteiger charge is 2.68. The summed E-state index contributed by atoms with van der Waals surface area (Å²) in [5.74, 6) is -1.90. The van der Waals surface area contributed by atoms with Crippen molar-refractivity contribution in [3.63, 3.8) is 0 Å². The van der Waals surface area contributed by atoms with Crippen molar-refractivity contribution in [3.8, 4) is 6.07 Å². The molecule has 11 heteroatoms. The summed E-state index contributed by atoms with van der Waals surface area (Å²) in [4.78, 5) is 12.8. The van der Waals surface area contributed by atoms with Crippen LogP contribution in [0.4, 0.5) is 13.2 Å². The van der Waals surface area contributed by atoms with Gasteiger partial charge in [-0.05, 0) is 36.8 Å². The zero-order valence-electron chi connectivity index (χ0n) is 21.2. The van der Waals surface area contributed by atoms with Crippen LogP contribution in [0.1, 0.15) is 44.6 Å². The van der Waals surface area contributed by atoms with Gasteiger partial charge >= 0.3 is 6.18 Å². The minimum atomic E-state index is -5.11. The van der Waals surface area contributed by atoms with Crippen molar-refractivity contribution in [1.29, 1.82) is 5.26 Å². The summed E-state index contributed by atoms with van der Waals surface area (Å²) in [6, 6.07) is 6.50. The first-order valence-electron chi connectivity index (χ1n) is 11.9. The van der Waals surface area contributed by atoms with Gasteiger partial charge in [0.1, 0.15) is 17.2 Å². The van der Waals surface area contributed by atoms with Crippen LogP contribution in [0.25, 0.3) is 0 Å². The Morgan fingerprint density at radius 3 is 2.27 bits per heavy atom. The van der Waals surface area contributed by atoms with E-state index in [1.807, 2.05) is 6.07 Å². The molecule has 0 radical (unpaired) electrons. The molecule has 1 fully saturated rings. The average Bonchev–Trinajstić information content (AvgIpc) is 3.61. The summed E-state index contributed by atoms with van der Waals surface area (Å²) in [7, 11) is -3.27. The lowest BCUT2D eigenvalue weighted by molar-refractivity contribution is -0.232. The van der Waals surface area contributed by atoms with Gasteiger partial charge < -0.3 is 10.5 Å². The van der Waals surface area contributed by atoms with E-state index < -0.39 is 56.0 Å². The van der Waals surface area contributed by atoms with Gasteiger partial charge in [0.15, 0.2) is 9.84 Å². The first-order valence-corrected chi connectivity index (χ1v) is 13.8. The molecular weight excluding hydrogens is 507 g/mol. The van der Waals surface area contributed by atoms with Crippen LogP contribution in [0.5, 0.6) is 0 Å². The minimum Gasteiger partial charge on any atom is -0.368 e. The van der Waals surface area contributed by atoms with Gasteiger partial charge in [-0.3, -0.25) is 9.69 Å². The number of alkyl halides is 3. The van der Waals surface area contributed by atoms with Gasteiger partial charge in [-0.2, -0.15) is 18.4 Å². The lowest BCUT2D eigenvalue weighted by Crippen LogP contribution is -2.69. The molecule has 0 spiro atoms. The summed E-state index contributed by atoms with van der Waals surface area (Å²) in [5.41, 5.74) is 2.10. The van der Waals surface area contributed by atoms with E-state index in [4.69, 9.17) is 10.5 Å². The molecule has 1 aromatic rings. The van der Waals surface area contributed by atoms with Crippen LogP contribution in [-0.4, -0.2) is 62.0 Å². The number of carbonyl (C=O) groups is 1. The summed E-state index contributed by atoms with van der Waals surface area (Å²) in [5, 5.41) is 9.98. The third-order valence-electron chi connectivity index (χ3n) is 6.97. The van der Waals surface area contributed by atoms with Gasteiger partial charge in [-0.15, -0.1) is 0 Å². The Balaban J connectivity index is 2.33. The lowest BCUT2D eigenvalue weighted by atomic mass is 9.80. The third kappa shape index (κ3) is 5.61. The van der Waals surface area contributed by atoms with Gasteiger partial charge in [0.25, 0.3) is 0 Å². The van der Waals surface area contributed by atoms with E-state index in [0.29, 0.717) is 5.56 Å². The van der Waals surface area contributed by atoms with Crippen molar-refractivity contribution in [2.45, 2.75) is 68.4 Å². The Morgan fingerprint density at radius 2 is 1.86 bits per heavy atom. The number of nitriles is 1. The Kier molecular flexibility index (Phi) is 7.99. The molecule has 2 N–H and O–H groups in total. The molecule has 0 aliphatic heterocycles. The minimum absolute atomic E-state index is 0.0561. The molecule has 4 atom stereocenters. The van der Waals surface area contributed by atoms with Crippen molar-refractivity contribution in [2.24, 2.45) is 11.7 Å². The number of rotatable bonds is 10. The topological polar surface area (TPSA) is 113 Å². The number of primary amides is 1. The van der Waals surface area contributed by atoms with Gasteiger partial charge in [-0.1, -0.05) is 56.3 Å². The van der Waals surface area contributed by atoms with Crippen LogP contribution in [0, 0.1) is 17.2 Å². The number of benzene rings is 1. The second-order valence-electron chi connectivity index (χ2n) is 10.1. The van der Waals surface area contributed by atoms with E-state index in [1.54, 1.807) is 44.2 Å². The molecule has 0 heterocycles. The molecule has 1 aromatic carbocycles. The van der Waals surface area contributed by atoms with E-state index in [-0.39, 0.29) is 25.2 Å². The summed E-state index contributed by atoms with van der Waals surface area (Å²) in [6.45, 7) is 3.45. The number of hydrogen-bond donors (Lipinski definition) is 1. The number of ether oxygens (including phenoxy) is 1. The molecule has 2 aliphatic rings. The highest BCUT2D eigenvalue weighted by Crippen LogP contribution is 2.53. The molecule has 37 heavy (non-hydrogen) atoms. The summed E-state index contributed by atoms with van der Waals surface area (Å²) < 4.78 is 77.2. The molecular formula is C26H32F3N3O4S. The first kappa shape index (κ1) is 28.9. The maximum absolute atomic E-state index is 15.2. The van der Waals surface area contributed by atoms with Crippen LogP contribution >= 0.6 is 0 Å². The first-order chi connectivity index (χ1) is 17.1. The predicted octanol–water partition coefficient (Wildman–Crippen LogP) is 3.84. The Labute approximate surface area is 215 Å². The normalized spacial score (nSPS) is 24.9. The molecule has 1 amide bonds. The molecule has 202 valence electrons. The third-order valence-corrected chi connectivity index (χ3v) is 8.22. The predicted molar refractivity (Wildman–Crippen MR) is 133 cm³/mol. The Morgan fingerprint density at radius 1 is 1.27 bits per heavy atom. The fourth-order valence-electron chi connectivity index (χ4n) is 5.17. The van der Waals surface area contributed by atoms with Crippen LogP contribution in [0.15, 0.2) is 53.5 Å². The quantitative estimate of drug-likeness (QED) is 0.452. The number of sulfone groups is 1. The fourth-order valence-corrected chi connectivity index (χ4v) is 6.41. The van der Waals surface area contributed by atoms with Gasteiger partial charge in [-0.25, -0.2) is 8.42 Å². The molecule has 1 saturated carbocycles. The number of halogens is 3. The van der Waals surface area contributed by atoms with E-state index in [2.05, 4.69) is 0 Å². The number of nitrogens with two attached hydrogens (primary N) is 1. The largest absolute Gasteiger partial charge is 0.407 e. The number of methoxy groups -OCH3 is 1. The number of allylic oxidation sites excluding steroid dienone is 2. The van der Waals surface area contributed by atoms with E-state index in [1.165, 1.54) is 12.2 Å². The van der Waals surface area contributed by atoms with Crippen LogP contribution in [0.3, 0.4) is 0 Å². The summed E-state index contributed by atoms with van der Waals surface area (Å²) >= 11 is 0. The van der Waals surface area contributed by atoms with Crippen molar-refractivity contribution < 1.29 is 31.1 Å². The Bertz CT molecular complexity index is 1220. The standard InChI is InChI=1S/C26H32F3N3O4S/c1-17(2)14-20(22(31)33)32(24(16-30)12-13-24)23(26(27,28)29)25(36-3)11-10-19(15-21(25)37(4,34)35)18-8-6-5-7-9-18/h5-11,15,17,19-20,23H,12-14H2,1-4H3,(H2,31,33)/t19?,20-,23-,25?/m0/s1. The Hall–Kier alpha value is -2.68. The lowest BCUT2D eigenvalue weighted by Gasteiger charge is -2.50. The maximum atomic E-state index is 15.2. The number of carbonyl (C=O) groups excluding carboxylic acids is 1. The van der Waals surface area contributed by atoms with Gasteiger partial charge in [0.2, 0.25) is 5.91 Å². The zero-order chi connectivity index (χ0) is 27.8. The van der Waals surface area contributed by atoms with Crippen LogP contribution in [-0.2, 0) is 19.4 Å². The fraction of sp³-hybridized carbons (Fsp3) is 0.538. The highest BCUT2D eigenvalue weighted by atomic mass is 32.2. The van der Waals surface area contributed by atoms with E-state index in [0.717, 1.165) is 24.3 Å².